The molecule has 29 heavy (non-hydrogen) atoms. The summed E-state index contributed by atoms with van der Waals surface area (Å²) in [5.74, 6) is 1.26. The SMILES string of the molecule is COc1ccc([C@@H](CO)NC(=O)c2ccc3c(c2)=CC(NC2CCOC2)=[N+]=3)cc1. The van der Waals surface area contributed by atoms with E-state index in [0.29, 0.717) is 12.2 Å². The lowest BCUT2D eigenvalue weighted by atomic mass is 10.1. The second kappa shape index (κ2) is 8.49. The molecule has 3 N–H and O–H groups in total. The number of nitrogens with one attached hydrogen (secondary N) is 2. The molecule has 2 aromatic rings. The number of hydrogen-bond acceptors (Lipinski definition) is 5. The van der Waals surface area contributed by atoms with Crippen molar-refractivity contribution in [3.05, 3.63) is 64.2 Å². The standard InChI is InChI=1S/C22H23N3O4/c1-28-18-5-2-14(3-6-18)20(12-26)25-22(27)15-4-7-19-16(10-15)11-21(24-19)23-17-8-9-29-13-17/h2-7,10-11,17,20,26H,8-9,12-13H2,1H3,(H,25,27)/p+1/t17?,20-/m1/s1. The van der Waals surface area contributed by atoms with Gasteiger partial charge in [-0.1, -0.05) is 12.1 Å². The first-order valence-electron chi connectivity index (χ1n) is 9.63. The predicted molar refractivity (Wildman–Crippen MR) is 109 cm³/mol. The Balaban J connectivity index is 1.47. The van der Waals surface area contributed by atoms with Gasteiger partial charge in [0.2, 0.25) is 5.36 Å². The molecule has 1 amide bonds. The van der Waals surface area contributed by atoms with Crippen molar-refractivity contribution in [2.75, 3.05) is 26.9 Å². The Hall–Kier alpha value is -3.12. The summed E-state index contributed by atoms with van der Waals surface area (Å²) in [4.78, 5) is 12.7. The van der Waals surface area contributed by atoms with Crippen molar-refractivity contribution in [2.24, 2.45) is 0 Å². The highest BCUT2D eigenvalue weighted by Crippen LogP contribution is 2.17. The number of fused-ring (bicyclic) bond motifs is 1. The van der Waals surface area contributed by atoms with Crippen LogP contribution in [-0.2, 0) is 4.74 Å². The van der Waals surface area contributed by atoms with E-state index in [4.69, 9.17) is 9.47 Å². The van der Waals surface area contributed by atoms with E-state index in [9.17, 15) is 9.90 Å². The molecule has 0 aliphatic carbocycles. The van der Waals surface area contributed by atoms with E-state index in [2.05, 4.69) is 15.3 Å². The Labute approximate surface area is 168 Å². The molecule has 150 valence electrons. The maximum absolute atomic E-state index is 12.7. The van der Waals surface area contributed by atoms with Gasteiger partial charge >= 0.3 is 5.84 Å². The molecule has 1 unspecified atom stereocenters. The lowest BCUT2D eigenvalue weighted by Crippen LogP contribution is -2.34. The summed E-state index contributed by atoms with van der Waals surface area (Å²) in [6.07, 6.45) is 2.90. The van der Waals surface area contributed by atoms with Gasteiger partial charge in [0.1, 0.15) is 11.8 Å². The largest absolute Gasteiger partial charge is 0.497 e. The maximum Gasteiger partial charge on any atom is 0.369 e. The minimum Gasteiger partial charge on any atom is -0.497 e. The summed E-state index contributed by atoms with van der Waals surface area (Å²) >= 11 is 0. The van der Waals surface area contributed by atoms with Crippen LogP contribution in [0.1, 0.15) is 28.4 Å². The van der Waals surface area contributed by atoms with Crippen LogP contribution in [0.4, 0.5) is 0 Å². The van der Waals surface area contributed by atoms with Crippen LogP contribution >= 0.6 is 0 Å². The van der Waals surface area contributed by atoms with Crippen molar-refractivity contribution < 1.29 is 19.4 Å². The third kappa shape index (κ3) is 4.32. The van der Waals surface area contributed by atoms with Crippen molar-refractivity contribution in [1.29, 1.82) is 0 Å². The van der Waals surface area contributed by atoms with Crippen LogP contribution in [0.15, 0.2) is 42.5 Å². The van der Waals surface area contributed by atoms with E-state index in [1.54, 1.807) is 25.3 Å². The summed E-state index contributed by atoms with van der Waals surface area (Å²) < 4.78 is 15.1. The second-order valence-corrected chi connectivity index (χ2v) is 7.10. The summed E-state index contributed by atoms with van der Waals surface area (Å²) in [6, 6.07) is 12.4. The number of methoxy groups -OCH3 is 1. The van der Waals surface area contributed by atoms with Crippen molar-refractivity contribution in [2.45, 2.75) is 18.5 Å². The zero-order valence-electron chi connectivity index (χ0n) is 16.2. The average molecular weight is 394 g/mol. The lowest BCUT2D eigenvalue weighted by Gasteiger charge is -2.17. The fraction of sp³-hybridized carbons (Fsp3) is 0.318. The average Bonchev–Trinajstić information content (AvgIpc) is 3.40. The lowest BCUT2D eigenvalue weighted by molar-refractivity contribution is 0.0916. The van der Waals surface area contributed by atoms with Crippen molar-refractivity contribution >= 4 is 17.8 Å². The molecular formula is C22H24N3O4+. The Morgan fingerprint density at radius 3 is 2.83 bits per heavy atom. The zero-order chi connectivity index (χ0) is 20.2. The Morgan fingerprint density at radius 2 is 2.14 bits per heavy atom. The van der Waals surface area contributed by atoms with Gasteiger partial charge in [0.05, 0.1) is 39.0 Å². The van der Waals surface area contributed by atoms with E-state index in [-0.39, 0.29) is 18.6 Å². The van der Waals surface area contributed by atoms with Crippen LogP contribution in [0.25, 0.3) is 6.08 Å². The van der Waals surface area contributed by atoms with Gasteiger partial charge in [0.25, 0.3) is 5.91 Å². The molecule has 7 heteroatoms. The molecule has 2 heterocycles. The van der Waals surface area contributed by atoms with Gasteiger partial charge in [0.15, 0.2) is 0 Å². The van der Waals surface area contributed by atoms with E-state index in [0.717, 1.165) is 40.8 Å². The van der Waals surface area contributed by atoms with Gasteiger partial charge in [-0.3, -0.25) is 10.1 Å². The number of carbonyl (C=O) groups is 1. The molecule has 4 rings (SSSR count). The number of hydrogen-bond donors (Lipinski definition) is 3. The van der Waals surface area contributed by atoms with Crippen LogP contribution in [0, 0.1) is 0 Å². The summed E-state index contributed by atoms with van der Waals surface area (Å²) in [6.45, 7) is 1.25. The van der Waals surface area contributed by atoms with E-state index in [1.807, 2.05) is 30.3 Å². The molecule has 0 bridgehead atoms. The van der Waals surface area contributed by atoms with Crippen LogP contribution in [-0.4, -0.2) is 49.8 Å². The molecular weight excluding hydrogens is 370 g/mol. The highest BCUT2D eigenvalue weighted by Gasteiger charge is 2.23. The molecule has 0 aromatic heterocycles. The molecule has 2 aromatic carbocycles. The Kier molecular flexibility index (Phi) is 5.62. The fourth-order valence-corrected chi connectivity index (χ4v) is 3.47. The molecule has 2 atom stereocenters. The van der Waals surface area contributed by atoms with Crippen LogP contribution in [0.2, 0.25) is 0 Å². The second-order valence-electron chi connectivity index (χ2n) is 7.10. The van der Waals surface area contributed by atoms with Crippen molar-refractivity contribution in [3.63, 3.8) is 0 Å². The fourth-order valence-electron chi connectivity index (χ4n) is 3.47. The molecule has 7 nitrogen and oxygen atoms in total. The number of aliphatic hydroxyl groups is 1. The quantitative estimate of drug-likeness (QED) is 0.570. The van der Waals surface area contributed by atoms with E-state index in [1.165, 1.54) is 0 Å². The topological polar surface area (TPSA) is 93.9 Å². The summed E-state index contributed by atoms with van der Waals surface area (Å²) in [5.41, 5.74) is 1.33. The first-order valence-corrected chi connectivity index (χ1v) is 9.63. The maximum atomic E-state index is 12.7. The molecule has 0 spiro atoms. The zero-order valence-corrected chi connectivity index (χ0v) is 16.2. The first kappa shape index (κ1) is 19.2. The number of rotatable bonds is 6. The van der Waals surface area contributed by atoms with Gasteiger partial charge in [-0.15, -0.1) is 0 Å². The first-order chi connectivity index (χ1) is 14.2. The molecule has 1 fully saturated rings. The number of benzene rings is 2. The molecule has 1 saturated heterocycles. The van der Waals surface area contributed by atoms with Crippen LogP contribution < -0.4 is 30.6 Å². The summed E-state index contributed by atoms with van der Waals surface area (Å²) in [5, 5.41) is 17.7. The monoisotopic (exact) mass is 394 g/mol. The minimum atomic E-state index is -0.499. The van der Waals surface area contributed by atoms with Crippen molar-refractivity contribution in [1.82, 2.24) is 15.3 Å². The van der Waals surface area contributed by atoms with Crippen molar-refractivity contribution in [3.8, 4) is 5.75 Å². The molecule has 2 aliphatic rings. The van der Waals surface area contributed by atoms with E-state index >= 15 is 0 Å². The van der Waals surface area contributed by atoms with Gasteiger partial charge in [-0.2, -0.15) is 0 Å². The van der Waals surface area contributed by atoms with Gasteiger partial charge < -0.3 is 19.9 Å². The smallest absolute Gasteiger partial charge is 0.369 e. The minimum absolute atomic E-state index is 0.199. The number of nitrogens with zero attached hydrogens (tertiary/aromatic N) is 1. The number of amidine groups is 1. The number of ether oxygens (including phenoxy) is 2. The highest BCUT2D eigenvalue weighted by atomic mass is 16.5. The Bertz CT molecular complexity index is 1050. The number of carbonyl (C=O) groups excluding carboxylic acids is 1. The van der Waals surface area contributed by atoms with Gasteiger partial charge in [0, 0.05) is 23.3 Å². The summed E-state index contributed by atoms with van der Waals surface area (Å²) in [7, 11) is 1.59. The predicted octanol–water partition coefficient (Wildman–Crippen LogP) is -0.583. The van der Waals surface area contributed by atoms with E-state index < -0.39 is 6.04 Å². The highest BCUT2D eigenvalue weighted by molar-refractivity contribution is 6.08. The van der Waals surface area contributed by atoms with Gasteiger partial charge in [-0.05, 0) is 29.8 Å². The Morgan fingerprint density at radius 1 is 1.31 bits per heavy atom. The molecule has 0 radical (unpaired) electrons. The van der Waals surface area contributed by atoms with Gasteiger partial charge in [-0.25, -0.2) is 4.67 Å². The molecule has 2 aliphatic heterocycles. The third-order valence-electron chi connectivity index (χ3n) is 5.11. The van der Waals surface area contributed by atoms with Crippen LogP contribution in [0.3, 0.4) is 0 Å². The number of aliphatic hydroxyl groups excluding tert-OH is 1. The molecule has 0 saturated carbocycles. The normalized spacial score (nSPS) is 18.1. The third-order valence-corrected chi connectivity index (χ3v) is 5.11. The number of amides is 1. The van der Waals surface area contributed by atoms with Crippen LogP contribution in [0.5, 0.6) is 5.75 Å².